The lowest BCUT2D eigenvalue weighted by atomic mass is 9.98. The van der Waals surface area contributed by atoms with E-state index in [0.29, 0.717) is 38.8 Å². The van der Waals surface area contributed by atoms with E-state index < -0.39 is 10.8 Å². The van der Waals surface area contributed by atoms with Crippen LogP contribution in [0.3, 0.4) is 0 Å². The first-order valence-corrected chi connectivity index (χ1v) is 15.5. The number of carbonyl (C=O) groups is 1. The summed E-state index contributed by atoms with van der Waals surface area (Å²) >= 11 is 0. The average Bonchev–Trinajstić information content (AvgIpc) is 3.36. The van der Waals surface area contributed by atoms with Gasteiger partial charge in [0.15, 0.2) is 5.78 Å². The van der Waals surface area contributed by atoms with Gasteiger partial charge in [0.1, 0.15) is 17.3 Å². The minimum Gasteiger partial charge on any atom is -0.497 e. The van der Waals surface area contributed by atoms with E-state index in [1.54, 1.807) is 55.9 Å². The summed E-state index contributed by atoms with van der Waals surface area (Å²) in [5, 5.41) is 0. The first-order chi connectivity index (χ1) is 20.6. The van der Waals surface area contributed by atoms with Crippen LogP contribution in [-0.4, -0.2) is 37.7 Å². The Labute approximate surface area is 248 Å². The molecule has 0 N–H and O–H groups in total. The molecule has 0 bridgehead atoms. The van der Waals surface area contributed by atoms with Crippen molar-refractivity contribution in [1.29, 1.82) is 0 Å². The summed E-state index contributed by atoms with van der Waals surface area (Å²) in [5.74, 6) is 2.00. The zero-order valence-electron chi connectivity index (χ0n) is 23.6. The van der Waals surface area contributed by atoms with Crippen molar-refractivity contribution in [1.82, 2.24) is 14.5 Å². The molecule has 7 nitrogen and oxygen atoms in total. The number of aromatic nitrogens is 3. The smallest absolute Gasteiger partial charge is 0.182 e. The summed E-state index contributed by atoms with van der Waals surface area (Å²) in [6.45, 7) is 0.112. The Morgan fingerprint density at radius 2 is 1.69 bits per heavy atom. The second-order valence-corrected chi connectivity index (χ2v) is 12.0. The molecule has 0 aliphatic heterocycles. The Bertz CT molecular complexity index is 1700. The van der Waals surface area contributed by atoms with E-state index in [1.165, 1.54) is 6.42 Å². The van der Waals surface area contributed by atoms with Crippen LogP contribution in [0.25, 0.3) is 11.0 Å². The number of methoxy groups -OCH3 is 1. The van der Waals surface area contributed by atoms with Crippen molar-refractivity contribution < 1.29 is 18.5 Å². The molecular formula is C34H33N3O4S. The van der Waals surface area contributed by atoms with Crippen LogP contribution in [0.15, 0.2) is 101 Å². The van der Waals surface area contributed by atoms with Gasteiger partial charge < -0.3 is 14.0 Å². The van der Waals surface area contributed by atoms with E-state index in [4.69, 9.17) is 14.5 Å². The van der Waals surface area contributed by atoms with Gasteiger partial charge in [0.05, 0.1) is 46.5 Å². The fourth-order valence-corrected chi connectivity index (χ4v) is 6.60. The summed E-state index contributed by atoms with van der Waals surface area (Å²) in [6, 6.07) is 24.6. The van der Waals surface area contributed by atoms with Crippen molar-refractivity contribution >= 4 is 27.6 Å². The highest BCUT2D eigenvalue weighted by atomic mass is 32.2. The molecule has 0 spiro atoms. The van der Waals surface area contributed by atoms with Crippen LogP contribution in [0.1, 0.15) is 53.8 Å². The molecule has 3 aromatic carbocycles. The Hall–Kier alpha value is -4.30. The molecule has 42 heavy (non-hydrogen) atoms. The third-order valence-electron chi connectivity index (χ3n) is 7.72. The van der Waals surface area contributed by atoms with Gasteiger partial charge in [-0.15, -0.1) is 0 Å². The van der Waals surface area contributed by atoms with Crippen molar-refractivity contribution in [2.75, 3.05) is 7.11 Å². The van der Waals surface area contributed by atoms with Crippen LogP contribution >= 0.6 is 0 Å². The second-order valence-electron chi connectivity index (χ2n) is 10.5. The van der Waals surface area contributed by atoms with Gasteiger partial charge in [0.2, 0.25) is 0 Å². The number of carbonyl (C=O) groups excluding carboxylic acids is 1. The quantitative estimate of drug-likeness (QED) is 0.169. The van der Waals surface area contributed by atoms with Gasteiger partial charge in [0, 0.05) is 35.3 Å². The molecule has 1 fully saturated rings. The maximum absolute atomic E-state index is 13.9. The summed E-state index contributed by atoms with van der Waals surface area (Å²) in [5.41, 5.74) is 3.14. The van der Waals surface area contributed by atoms with Crippen LogP contribution in [0.2, 0.25) is 0 Å². The Morgan fingerprint density at radius 1 is 0.952 bits per heavy atom. The monoisotopic (exact) mass is 579 g/mol. The lowest BCUT2D eigenvalue weighted by Gasteiger charge is -2.24. The van der Waals surface area contributed by atoms with Crippen molar-refractivity contribution in [2.24, 2.45) is 0 Å². The molecule has 2 heterocycles. The van der Waals surface area contributed by atoms with E-state index in [2.05, 4.69) is 17.1 Å². The zero-order chi connectivity index (χ0) is 28.9. The van der Waals surface area contributed by atoms with Gasteiger partial charge in [-0.3, -0.25) is 9.78 Å². The lowest BCUT2D eigenvalue weighted by molar-refractivity contribution is 0.0972. The van der Waals surface area contributed by atoms with Crippen LogP contribution in [-0.2, 0) is 23.8 Å². The number of rotatable bonds is 10. The van der Waals surface area contributed by atoms with Crippen molar-refractivity contribution in [2.45, 2.75) is 61.0 Å². The molecule has 1 unspecified atom stereocenters. The summed E-state index contributed by atoms with van der Waals surface area (Å²) in [4.78, 5) is 23.9. The first-order valence-electron chi connectivity index (χ1n) is 14.3. The predicted molar refractivity (Wildman–Crippen MR) is 163 cm³/mol. The maximum Gasteiger partial charge on any atom is 0.182 e. The molecule has 1 aliphatic rings. The molecular weight excluding hydrogens is 546 g/mol. The number of fused-ring (bicyclic) bond motifs is 1. The third kappa shape index (κ3) is 6.14. The largest absolute Gasteiger partial charge is 0.497 e. The molecule has 1 saturated carbocycles. The van der Waals surface area contributed by atoms with Gasteiger partial charge in [-0.2, -0.15) is 0 Å². The number of ether oxygens (including phenoxy) is 2. The lowest BCUT2D eigenvalue weighted by Crippen LogP contribution is -2.20. The highest BCUT2D eigenvalue weighted by Gasteiger charge is 2.24. The fourth-order valence-electron chi connectivity index (χ4n) is 5.47. The zero-order valence-corrected chi connectivity index (χ0v) is 24.4. The van der Waals surface area contributed by atoms with Gasteiger partial charge in [0.25, 0.3) is 0 Å². The van der Waals surface area contributed by atoms with Crippen LogP contribution in [0.5, 0.6) is 11.5 Å². The number of Topliss-reactive ketones (excluding diaryl/α,β-unsaturated/α-hetero) is 1. The Kier molecular flexibility index (Phi) is 8.42. The average molecular weight is 580 g/mol. The summed E-state index contributed by atoms with van der Waals surface area (Å²) in [7, 11) is 0.114. The molecule has 0 amide bonds. The number of hydrogen-bond acceptors (Lipinski definition) is 6. The third-order valence-corrected chi connectivity index (χ3v) is 9.14. The van der Waals surface area contributed by atoms with Gasteiger partial charge in [-0.1, -0.05) is 36.8 Å². The van der Waals surface area contributed by atoms with Crippen LogP contribution in [0.4, 0.5) is 0 Å². The number of nitrogens with zero attached hydrogens (tertiary/aromatic N) is 3. The van der Waals surface area contributed by atoms with Gasteiger partial charge in [-0.05, 0) is 73.7 Å². The van der Waals surface area contributed by atoms with Crippen LogP contribution in [0, 0.1) is 0 Å². The molecule has 6 rings (SSSR count). The Balaban J connectivity index is 1.46. The number of imidazole rings is 1. The van der Waals surface area contributed by atoms with Crippen molar-refractivity contribution in [3.63, 3.8) is 0 Å². The molecule has 1 aliphatic carbocycles. The summed E-state index contributed by atoms with van der Waals surface area (Å²) < 4.78 is 27.7. The van der Waals surface area contributed by atoms with E-state index >= 15 is 0 Å². The first kappa shape index (κ1) is 27.8. The normalized spacial score (nSPS) is 14.5. The van der Waals surface area contributed by atoms with Gasteiger partial charge >= 0.3 is 0 Å². The SMILES string of the molecule is COc1ccc(C(=O)Cn2c(Cc3ccccc3)nc3cc(S(=O)c4ccncc4)c(OC4CCCCC4)cc32)cc1. The topological polar surface area (TPSA) is 83.3 Å². The van der Waals surface area contributed by atoms with Crippen LogP contribution < -0.4 is 9.47 Å². The van der Waals surface area contributed by atoms with E-state index in [9.17, 15) is 9.00 Å². The van der Waals surface area contributed by atoms with E-state index in [1.807, 2.05) is 34.9 Å². The predicted octanol–water partition coefficient (Wildman–Crippen LogP) is 6.79. The van der Waals surface area contributed by atoms with Crippen molar-refractivity contribution in [3.8, 4) is 11.5 Å². The highest BCUT2D eigenvalue weighted by molar-refractivity contribution is 7.85. The Morgan fingerprint density at radius 3 is 2.40 bits per heavy atom. The number of hydrogen-bond donors (Lipinski definition) is 0. The fraction of sp³-hybridized carbons (Fsp3) is 0.265. The highest BCUT2D eigenvalue weighted by Crippen LogP contribution is 2.35. The molecule has 0 radical (unpaired) electrons. The number of benzene rings is 3. The van der Waals surface area contributed by atoms with E-state index in [-0.39, 0.29) is 18.4 Å². The minimum absolute atomic E-state index is 0.0366. The molecule has 1 atom stereocenters. The van der Waals surface area contributed by atoms with Gasteiger partial charge in [-0.25, -0.2) is 9.19 Å². The summed E-state index contributed by atoms with van der Waals surface area (Å²) in [6.07, 6.45) is 9.27. The molecule has 0 saturated heterocycles. The van der Waals surface area contributed by atoms with Crippen molar-refractivity contribution in [3.05, 3.63) is 108 Å². The maximum atomic E-state index is 13.9. The molecule has 214 valence electrons. The molecule has 8 heteroatoms. The van der Waals surface area contributed by atoms with E-state index in [0.717, 1.165) is 42.6 Å². The minimum atomic E-state index is -1.49. The standard InChI is InChI=1S/C34H33N3O4S/c1-40-26-14-12-25(13-15-26)31(38)23-37-30-22-32(41-27-10-6-3-7-11-27)33(42(39)28-16-18-35-19-17-28)21-29(30)36-34(37)20-24-8-4-2-5-9-24/h2,4-5,8-9,12-19,21-22,27H,3,6-7,10-11,20,23H2,1H3. The second kappa shape index (κ2) is 12.7. The molecule has 2 aromatic heterocycles. The number of ketones is 1. The molecule has 5 aromatic rings. The number of pyridine rings is 1.